The fourth-order valence-electron chi connectivity index (χ4n) is 3.23. The number of carbonyl (C=O) groups excluding carboxylic acids is 2. The van der Waals surface area contributed by atoms with E-state index in [1.54, 1.807) is 29.3 Å². The minimum absolute atomic E-state index is 0.288. The molecule has 2 N–H and O–H groups in total. The van der Waals surface area contributed by atoms with Crippen LogP contribution in [-0.2, 0) is 4.79 Å². The number of carbonyl (C=O) groups is 2. The number of alkyl halides is 3. The summed E-state index contributed by atoms with van der Waals surface area (Å²) in [5, 5.41) is 5.43. The fraction of sp³-hybridized carbons (Fsp3) is 0.632. The Hall–Kier alpha value is -2.32. The van der Waals surface area contributed by atoms with E-state index in [-0.39, 0.29) is 6.03 Å². The number of hydrogen-bond acceptors (Lipinski definition) is 3. The molecule has 0 radical (unpaired) electrons. The molecule has 1 fully saturated rings. The Morgan fingerprint density at radius 1 is 1.18 bits per heavy atom. The number of amides is 3. The second kappa shape index (κ2) is 10.9. The molecule has 0 saturated carbocycles. The number of rotatable bonds is 8. The molecule has 2 heterocycles. The summed E-state index contributed by atoms with van der Waals surface area (Å²) in [6.45, 7) is 1.63. The van der Waals surface area contributed by atoms with Crippen molar-refractivity contribution in [3.63, 3.8) is 0 Å². The Morgan fingerprint density at radius 2 is 1.93 bits per heavy atom. The SMILES string of the molecule is O=C(NCCCCC1CCN(C(=O)CCC(F)(F)F)CC1)Nc1ccccn1. The summed E-state index contributed by atoms with van der Waals surface area (Å²) in [6, 6.07) is 4.98. The van der Waals surface area contributed by atoms with Crippen LogP contribution in [-0.4, -0.2) is 47.6 Å². The first-order valence-electron chi connectivity index (χ1n) is 9.64. The first-order chi connectivity index (χ1) is 13.3. The maximum absolute atomic E-state index is 12.2. The van der Waals surface area contributed by atoms with Gasteiger partial charge < -0.3 is 10.2 Å². The van der Waals surface area contributed by atoms with Crippen molar-refractivity contribution in [3.05, 3.63) is 24.4 Å². The van der Waals surface area contributed by atoms with Crippen molar-refractivity contribution in [1.82, 2.24) is 15.2 Å². The minimum Gasteiger partial charge on any atom is -0.343 e. The average Bonchev–Trinajstić information content (AvgIpc) is 2.66. The number of likely N-dealkylation sites (tertiary alicyclic amines) is 1. The van der Waals surface area contributed by atoms with Crippen molar-refractivity contribution in [2.24, 2.45) is 5.92 Å². The molecule has 28 heavy (non-hydrogen) atoms. The minimum atomic E-state index is -4.28. The highest BCUT2D eigenvalue weighted by Gasteiger charge is 2.30. The number of halogens is 3. The van der Waals surface area contributed by atoms with Gasteiger partial charge in [-0.2, -0.15) is 13.2 Å². The number of nitrogens with zero attached hydrogens (tertiary/aromatic N) is 2. The van der Waals surface area contributed by atoms with Gasteiger partial charge in [0.2, 0.25) is 5.91 Å². The van der Waals surface area contributed by atoms with Gasteiger partial charge in [-0.25, -0.2) is 9.78 Å². The third-order valence-corrected chi connectivity index (χ3v) is 4.82. The van der Waals surface area contributed by atoms with E-state index in [0.717, 1.165) is 32.1 Å². The van der Waals surface area contributed by atoms with Crippen molar-refractivity contribution < 1.29 is 22.8 Å². The second-order valence-corrected chi connectivity index (χ2v) is 7.03. The van der Waals surface area contributed by atoms with Crippen LogP contribution >= 0.6 is 0 Å². The Kier molecular flexibility index (Phi) is 8.53. The average molecular weight is 400 g/mol. The standard InChI is InChI=1S/C19H27F3N4O2/c20-19(21,22)10-7-17(27)26-13-8-15(9-14-26)5-1-3-12-24-18(28)25-16-6-2-4-11-23-16/h2,4,6,11,15H,1,3,5,7-10,12-14H2,(H2,23,24,25,28). The summed E-state index contributed by atoms with van der Waals surface area (Å²) in [6.07, 6.45) is 0.260. The van der Waals surface area contributed by atoms with E-state index in [1.165, 1.54) is 0 Å². The lowest BCUT2D eigenvalue weighted by atomic mass is 9.91. The van der Waals surface area contributed by atoms with Gasteiger partial charge in [-0.3, -0.25) is 10.1 Å². The van der Waals surface area contributed by atoms with Crippen LogP contribution in [0.25, 0.3) is 0 Å². The van der Waals surface area contributed by atoms with Crippen LogP contribution in [0.5, 0.6) is 0 Å². The van der Waals surface area contributed by atoms with Gasteiger partial charge >= 0.3 is 12.2 Å². The lowest BCUT2D eigenvalue weighted by Crippen LogP contribution is -2.38. The van der Waals surface area contributed by atoms with Gasteiger partial charge in [-0.05, 0) is 37.3 Å². The molecule has 0 bridgehead atoms. The molecule has 1 aromatic rings. The number of unbranched alkanes of at least 4 members (excludes halogenated alkanes) is 1. The Morgan fingerprint density at radius 3 is 2.57 bits per heavy atom. The van der Waals surface area contributed by atoms with Gasteiger partial charge in [0, 0.05) is 32.3 Å². The summed E-state index contributed by atoms with van der Waals surface area (Å²) in [5.41, 5.74) is 0. The van der Waals surface area contributed by atoms with Gasteiger partial charge in [0.05, 0.1) is 6.42 Å². The monoisotopic (exact) mass is 400 g/mol. The Labute approximate surface area is 162 Å². The van der Waals surface area contributed by atoms with Crippen LogP contribution in [0.2, 0.25) is 0 Å². The summed E-state index contributed by atoms with van der Waals surface area (Å²) in [7, 11) is 0. The topological polar surface area (TPSA) is 74.3 Å². The molecule has 156 valence electrons. The molecule has 0 spiro atoms. The largest absolute Gasteiger partial charge is 0.389 e. The third-order valence-electron chi connectivity index (χ3n) is 4.82. The first kappa shape index (κ1) is 22.0. The number of piperidine rings is 1. The van der Waals surface area contributed by atoms with Gasteiger partial charge in [0.25, 0.3) is 0 Å². The molecule has 1 aliphatic rings. The number of nitrogens with one attached hydrogen (secondary N) is 2. The van der Waals surface area contributed by atoms with E-state index >= 15 is 0 Å². The molecule has 0 unspecified atom stereocenters. The van der Waals surface area contributed by atoms with Crippen LogP contribution in [0.15, 0.2) is 24.4 Å². The highest BCUT2D eigenvalue weighted by molar-refractivity contribution is 5.88. The lowest BCUT2D eigenvalue weighted by Gasteiger charge is -2.32. The first-order valence-corrected chi connectivity index (χ1v) is 9.64. The van der Waals surface area contributed by atoms with Crippen molar-refractivity contribution in [1.29, 1.82) is 0 Å². The van der Waals surface area contributed by atoms with Crippen LogP contribution in [0.1, 0.15) is 44.9 Å². The molecule has 0 atom stereocenters. The maximum Gasteiger partial charge on any atom is 0.389 e. The van der Waals surface area contributed by atoms with Crippen LogP contribution in [0.4, 0.5) is 23.8 Å². The molecule has 0 aliphatic carbocycles. The molecule has 6 nitrogen and oxygen atoms in total. The van der Waals surface area contributed by atoms with Crippen molar-refractivity contribution >= 4 is 17.8 Å². The molecule has 1 saturated heterocycles. The zero-order chi connectivity index (χ0) is 20.4. The van der Waals surface area contributed by atoms with Crippen LogP contribution < -0.4 is 10.6 Å². The highest BCUT2D eigenvalue weighted by Crippen LogP contribution is 2.25. The number of hydrogen-bond donors (Lipinski definition) is 2. The van der Waals surface area contributed by atoms with E-state index in [1.807, 2.05) is 0 Å². The number of anilines is 1. The second-order valence-electron chi connectivity index (χ2n) is 7.03. The normalized spacial score (nSPS) is 15.3. The fourth-order valence-corrected chi connectivity index (χ4v) is 3.23. The molecule has 1 aromatic heterocycles. The molecule has 2 rings (SSSR count). The summed E-state index contributed by atoms with van der Waals surface area (Å²) in [5.74, 6) is 0.574. The van der Waals surface area contributed by atoms with Crippen LogP contribution in [0, 0.1) is 5.92 Å². The summed E-state index contributed by atoms with van der Waals surface area (Å²) >= 11 is 0. The van der Waals surface area contributed by atoms with E-state index in [4.69, 9.17) is 0 Å². The highest BCUT2D eigenvalue weighted by atomic mass is 19.4. The number of aromatic nitrogens is 1. The van der Waals surface area contributed by atoms with Crippen molar-refractivity contribution in [3.8, 4) is 0 Å². The molecule has 1 aliphatic heterocycles. The van der Waals surface area contributed by atoms with Gasteiger partial charge in [-0.15, -0.1) is 0 Å². The zero-order valence-electron chi connectivity index (χ0n) is 15.8. The predicted octanol–water partition coefficient (Wildman–Crippen LogP) is 3.95. The summed E-state index contributed by atoms with van der Waals surface area (Å²) in [4.78, 5) is 29.1. The zero-order valence-corrected chi connectivity index (χ0v) is 15.8. The van der Waals surface area contributed by atoms with E-state index < -0.39 is 24.9 Å². The Bertz CT molecular complexity index is 617. The van der Waals surface area contributed by atoms with E-state index in [9.17, 15) is 22.8 Å². The quantitative estimate of drug-likeness (QED) is 0.649. The number of urea groups is 1. The smallest absolute Gasteiger partial charge is 0.343 e. The van der Waals surface area contributed by atoms with E-state index in [0.29, 0.717) is 31.4 Å². The van der Waals surface area contributed by atoms with Crippen LogP contribution in [0.3, 0.4) is 0 Å². The Balaban J connectivity index is 1.52. The van der Waals surface area contributed by atoms with Gasteiger partial charge in [0.15, 0.2) is 0 Å². The summed E-state index contributed by atoms with van der Waals surface area (Å²) < 4.78 is 36.6. The van der Waals surface area contributed by atoms with Gasteiger partial charge in [0.1, 0.15) is 5.82 Å². The number of pyridine rings is 1. The van der Waals surface area contributed by atoms with E-state index in [2.05, 4.69) is 15.6 Å². The molecule has 9 heteroatoms. The van der Waals surface area contributed by atoms with Crippen molar-refractivity contribution in [2.75, 3.05) is 25.0 Å². The molecule has 3 amide bonds. The maximum atomic E-state index is 12.2. The molecule has 0 aromatic carbocycles. The van der Waals surface area contributed by atoms with Crippen molar-refractivity contribution in [2.45, 2.75) is 51.1 Å². The predicted molar refractivity (Wildman–Crippen MR) is 99.7 cm³/mol. The van der Waals surface area contributed by atoms with Gasteiger partial charge in [-0.1, -0.05) is 18.9 Å². The molecular weight excluding hydrogens is 373 g/mol. The molecular formula is C19H27F3N4O2. The third kappa shape index (κ3) is 8.58. The lowest BCUT2D eigenvalue weighted by molar-refractivity contribution is -0.149.